The van der Waals surface area contributed by atoms with E-state index < -0.39 is 0 Å². The molecule has 0 amide bonds. The van der Waals surface area contributed by atoms with Crippen LogP contribution in [0.3, 0.4) is 0 Å². The number of aromatic amines is 1. The second-order valence-corrected chi connectivity index (χ2v) is 4.40. The number of pyridine rings is 1. The molecular weight excluding hydrogens is 266 g/mol. The molecule has 0 aliphatic carbocycles. The van der Waals surface area contributed by atoms with Gasteiger partial charge in [0.25, 0.3) is 0 Å². The summed E-state index contributed by atoms with van der Waals surface area (Å²) in [6.07, 6.45) is 0. The van der Waals surface area contributed by atoms with Crippen LogP contribution in [0.15, 0.2) is 24.3 Å². The maximum Gasteiger partial charge on any atom is 0.354 e. The van der Waals surface area contributed by atoms with Crippen LogP contribution in [0.5, 0.6) is 0 Å². The standard InChI is InChI=1S/C13H14ClN3O2/c1-8-10(5-6-12(14)16-8)15-7-9-3-4-11(17-9)13(18)19-2/h3-6,15,17H,7H2,1-2H3. The molecule has 19 heavy (non-hydrogen) atoms. The van der Waals surface area contributed by atoms with Crippen LogP contribution in [0.2, 0.25) is 5.15 Å². The molecule has 0 aromatic carbocycles. The smallest absolute Gasteiger partial charge is 0.354 e. The molecule has 2 aromatic rings. The van der Waals surface area contributed by atoms with Crippen LogP contribution in [-0.2, 0) is 11.3 Å². The van der Waals surface area contributed by atoms with Gasteiger partial charge in [0.15, 0.2) is 0 Å². The maximum absolute atomic E-state index is 11.3. The topological polar surface area (TPSA) is 67.0 Å². The zero-order chi connectivity index (χ0) is 13.8. The summed E-state index contributed by atoms with van der Waals surface area (Å²) in [4.78, 5) is 18.4. The molecule has 100 valence electrons. The van der Waals surface area contributed by atoms with E-state index in [4.69, 9.17) is 11.6 Å². The van der Waals surface area contributed by atoms with Crippen LogP contribution >= 0.6 is 11.6 Å². The molecule has 0 radical (unpaired) electrons. The van der Waals surface area contributed by atoms with Gasteiger partial charge in [0, 0.05) is 5.69 Å². The normalized spacial score (nSPS) is 10.3. The van der Waals surface area contributed by atoms with E-state index in [0.717, 1.165) is 17.1 Å². The van der Waals surface area contributed by atoms with Crippen molar-refractivity contribution < 1.29 is 9.53 Å². The number of carbonyl (C=O) groups is 1. The highest BCUT2D eigenvalue weighted by Gasteiger charge is 2.08. The van der Waals surface area contributed by atoms with Crippen molar-refractivity contribution in [2.45, 2.75) is 13.5 Å². The summed E-state index contributed by atoms with van der Waals surface area (Å²) >= 11 is 5.79. The molecule has 0 saturated carbocycles. The lowest BCUT2D eigenvalue weighted by atomic mass is 10.3. The molecule has 0 saturated heterocycles. The summed E-state index contributed by atoms with van der Waals surface area (Å²) in [6.45, 7) is 2.43. The summed E-state index contributed by atoms with van der Waals surface area (Å²) in [6, 6.07) is 7.12. The molecule has 2 heterocycles. The Balaban J connectivity index is 2.02. The van der Waals surface area contributed by atoms with Gasteiger partial charge in [0.05, 0.1) is 25.0 Å². The fourth-order valence-electron chi connectivity index (χ4n) is 1.68. The first-order valence-corrected chi connectivity index (χ1v) is 6.11. The molecule has 5 nitrogen and oxygen atoms in total. The minimum absolute atomic E-state index is 0.379. The average Bonchev–Trinajstić information content (AvgIpc) is 2.85. The SMILES string of the molecule is COC(=O)c1ccc(CNc2ccc(Cl)nc2C)[nH]1. The van der Waals surface area contributed by atoms with Crippen molar-refractivity contribution in [1.82, 2.24) is 9.97 Å². The van der Waals surface area contributed by atoms with E-state index in [-0.39, 0.29) is 5.97 Å². The number of carbonyl (C=O) groups excluding carboxylic acids is 1. The predicted molar refractivity (Wildman–Crippen MR) is 73.4 cm³/mol. The average molecular weight is 280 g/mol. The van der Waals surface area contributed by atoms with Gasteiger partial charge in [0.1, 0.15) is 10.8 Å². The molecule has 0 spiro atoms. The summed E-state index contributed by atoms with van der Waals surface area (Å²) in [5, 5.41) is 3.69. The Kier molecular flexibility index (Phi) is 4.06. The summed E-state index contributed by atoms with van der Waals surface area (Å²) in [5.41, 5.74) is 3.05. The quantitative estimate of drug-likeness (QED) is 0.667. The van der Waals surface area contributed by atoms with Gasteiger partial charge < -0.3 is 15.0 Å². The van der Waals surface area contributed by atoms with Crippen molar-refractivity contribution in [3.05, 3.63) is 46.5 Å². The number of esters is 1. The summed E-state index contributed by atoms with van der Waals surface area (Å²) in [5.74, 6) is -0.379. The third kappa shape index (κ3) is 3.26. The van der Waals surface area contributed by atoms with Crippen molar-refractivity contribution in [2.24, 2.45) is 0 Å². The largest absolute Gasteiger partial charge is 0.464 e. The molecule has 2 N–H and O–H groups in total. The number of aromatic nitrogens is 2. The van der Waals surface area contributed by atoms with Gasteiger partial charge in [-0.3, -0.25) is 0 Å². The lowest BCUT2D eigenvalue weighted by Gasteiger charge is -2.07. The number of ether oxygens (including phenoxy) is 1. The van der Waals surface area contributed by atoms with Crippen molar-refractivity contribution in [1.29, 1.82) is 0 Å². The number of hydrogen-bond donors (Lipinski definition) is 2. The van der Waals surface area contributed by atoms with Gasteiger partial charge in [-0.05, 0) is 31.2 Å². The number of halogens is 1. The Morgan fingerprint density at radius 2 is 2.21 bits per heavy atom. The fourth-order valence-corrected chi connectivity index (χ4v) is 1.87. The molecular formula is C13H14ClN3O2. The van der Waals surface area contributed by atoms with E-state index in [1.54, 1.807) is 12.1 Å². The number of methoxy groups -OCH3 is 1. The zero-order valence-electron chi connectivity index (χ0n) is 10.7. The van der Waals surface area contributed by atoms with Gasteiger partial charge in [-0.2, -0.15) is 0 Å². The molecule has 0 unspecified atom stereocenters. The van der Waals surface area contributed by atoms with Gasteiger partial charge in [0.2, 0.25) is 0 Å². The Bertz CT molecular complexity index is 595. The summed E-state index contributed by atoms with van der Waals surface area (Å²) < 4.78 is 4.63. The number of aryl methyl sites for hydroxylation is 1. The van der Waals surface area contributed by atoms with Crippen LogP contribution in [0.4, 0.5) is 5.69 Å². The zero-order valence-corrected chi connectivity index (χ0v) is 11.4. The van der Waals surface area contributed by atoms with Gasteiger partial charge in [-0.25, -0.2) is 9.78 Å². The first kappa shape index (κ1) is 13.4. The molecule has 0 fully saturated rings. The first-order chi connectivity index (χ1) is 9.10. The third-order valence-electron chi connectivity index (χ3n) is 2.67. The van der Waals surface area contributed by atoms with Crippen molar-refractivity contribution in [3.8, 4) is 0 Å². The number of nitrogens with zero attached hydrogens (tertiary/aromatic N) is 1. The molecule has 0 atom stereocenters. The van der Waals surface area contributed by atoms with Gasteiger partial charge in [-0.15, -0.1) is 0 Å². The van der Waals surface area contributed by atoms with Gasteiger partial charge in [-0.1, -0.05) is 11.6 Å². The highest BCUT2D eigenvalue weighted by molar-refractivity contribution is 6.29. The maximum atomic E-state index is 11.3. The second kappa shape index (κ2) is 5.75. The van der Waals surface area contributed by atoms with E-state index in [2.05, 4.69) is 20.0 Å². The number of nitrogens with one attached hydrogen (secondary N) is 2. The number of anilines is 1. The van der Waals surface area contributed by atoms with E-state index in [1.165, 1.54) is 7.11 Å². The number of rotatable bonds is 4. The second-order valence-electron chi connectivity index (χ2n) is 4.01. The molecule has 0 aliphatic heterocycles. The minimum atomic E-state index is -0.379. The monoisotopic (exact) mass is 279 g/mol. The Morgan fingerprint density at radius 3 is 2.89 bits per heavy atom. The number of H-pyrrole nitrogens is 1. The summed E-state index contributed by atoms with van der Waals surface area (Å²) in [7, 11) is 1.35. The lowest BCUT2D eigenvalue weighted by Crippen LogP contribution is -2.04. The van der Waals surface area contributed by atoms with E-state index in [9.17, 15) is 4.79 Å². The molecule has 2 rings (SSSR count). The lowest BCUT2D eigenvalue weighted by molar-refractivity contribution is 0.0594. The van der Waals surface area contributed by atoms with Crippen molar-refractivity contribution in [2.75, 3.05) is 12.4 Å². The first-order valence-electron chi connectivity index (χ1n) is 5.73. The third-order valence-corrected chi connectivity index (χ3v) is 2.88. The van der Waals surface area contributed by atoms with Crippen LogP contribution < -0.4 is 5.32 Å². The van der Waals surface area contributed by atoms with Crippen molar-refractivity contribution >= 4 is 23.3 Å². The molecule has 6 heteroatoms. The van der Waals surface area contributed by atoms with E-state index >= 15 is 0 Å². The van der Waals surface area contributed by atoms with Crippen LogP contribution in [0.25, 0.3) is 0 Å². The molecule has 0 bridgehead atoms. The van der Waals surface area contributed by atoms with Crippen LogP contribution in [-0.4, -0.2) is 23.0 Å². The van der Waals surface area contributed by atoms with Crippen LogP contribution in [0.1, 0.15) is 21.9 Å². The Hall–Kier alpha value is -2.01. The van der Waals surface area contributed by atoms with E-state index in [1.807, 2.05) is 19.1 Å². The molecule has 0 aliphatic rings. The highest BCUT2D eigenvalue weighted by atomic mass is 35.5. The number of hydrogen-bond acceptors (Lipinski definition) is 4. The fraction of sp³-hybridized carbons (Fsp3) is 0.231. The van der Waals surface area contributed by atoms with E-state index in [0.29, 0.717) is 17.4 Å². The Labute approximate surface area is 116 Å². The minimum Gasteiger partial charge on any atom is -0.464 e. The Morgan fingerprint density at radius 1 is 1.42 bits per heavy atom. The highest BCUT2D eigenvalue weighted by Crippen LogP contribution is 2.16. The van der Waals surface area contributed by atoms with Gasteiger partial charge >= 0.3 is 5.97 Å². The predicted octanol–water partition coefficient (Wildman–Crippen LogP) is 2.77. The van der Waals surface area contributed by atoms with Crippen LogP contribution in [0, 0.1) is 6.92 Å². The molecule has 2 aromatic heterocycles. The van der Waals surface area contributed by atoms with Crippen molar-refractivity contribution in [3.63, 3.8) is 0 Å².